The highest BCUT2D eigenvalue weighted by Crippen LogP contribution is 2.34. The lowest BCUT2D eigenvalue weighted by Crippen LogP contribution is -2.26. The van der Waals surface area contributed by atoms with Gasteiger partial charge in [-0.05, 0) is 42.7 Å². The topological polar surface area (TPSA) is 109 Å². The summed E-state index contributed by atoms with van der Waals surface area (Å²) in [7, 11) is 6.02. The van der Waals surface area contributed by atoms with Crippen molar-refractivity contribution in [1.82, 2.24) is 5.32 Å². The summed E-state index contributed by atoms with van der Waals surface area (Å²) in [6.45, 7) is 0.254. The first-order valence-corrected chi connectivity index (χ1v) is 9.30. The first-order chi connectivity index (χ1) is 14.4. The maximum atomic E-state index is 12.2. The zero-order valence-corrected chi connectivity index (χ0v) is 17.5. The van der Waals surface area contributed by atoms with E-state index < -0.39 is 4.92 Å². The highest BCUT2D eigenvalue weighted by Gasteiger charge is 2.19. The van der Waals surface area contributed by atoms with Crippen LogP contribution in [0.5, 0.6) is 23.0 Å². The van der Waals surface area contributed by atoms with Crippen LogP contribution in [-0.2, 0) is 17.6 Å². The molecule has 0 aliphatic heterocycles. The number of nitrogens with zero attached hydrogens (tertiary/aromatic N) is 1. The molecule has 2 aromatic rings. The Morgan fingerprint density at radius 1 is 0.900 bits per heavy atom. The summed E-state index contributed by atoms with van der Waals surface area (Å²) >= 11 is 0. The molecule has 0 saturated carbocycles. The van der Waals surface area contributed by atoms with Gasteiger partial charge in [0.15, 0.2) is 11.5 Å². The zero-order chi connectivity index (χ0) is 22.1. The summed E-state index contributed by atoms with van der Waals surface area (Å²) < 4.78 is 20.9. The molecule has 2 aromatic carbocycles. The fraction of sp³-hybridized carbons (Fsp3) is 0.381. The number of nitrogens with one attached hydrogen (secondary N) is 1. The first kappa shape index (κ1) is 22.8. The van der Waals surface area contributed by atoms with Gasteiger partial charge in [-0.2, -0.15) is 0 Å². The molecule has 0 spiro atoms. The van der Waals surface area contributed by atoms with Crippen molar-refractivity contribution in [2.75, 3.05) is 35.0 Å². The number of aryl methyl sites for hydroxylation is 1. The third-order valence-electron chi connectivity index (χ3n) is 4.61. The summed E-state index contributed by atoms with van der Waals surface area (Å²) in [5, 5.41) is 14.2. The van der Waals surface area contributed by atoms with Gasteiger partial charge in [-0.1, -0.05) is 0 Å². The molecular weight excluding hydrogens is 392 g/mol. The van der Waals surface area contributed by atoms with Gasteiger partial charge in [-0.25, -0.2) is 0 Å². The third kappa shape index (κ3) is 5.76. The average Bonchev–Trinajstić information content (AvgIpc) is 2.76. The van der Waals surface area contributed by atoms with E-state index in [9.17, 15) is 14.9 Å². The maximum Gasteiger partial charge on any atom is 0.276 e. The molecule has 9 heteroatoms. The maximum absolute atomic E-state index is 12.2. The van der Waals surface area contributed by atoms with E-state index >= 15 is 0 Å². The van der Waals surface area contributed by atoms with Crippen molar-refractivity contribution in [2.24, 2.45) is 0 Å². The number of carbonyl (C=O) groups is 1. The van der Waals surface area contributed by atoms with Crippen LogP contribution in [0.2, 0.25) is 0 Å². The quantitative estimate of drug-likeness (QED) is 0.441. The minimum absolute atomic E-state index is 0.0805. The molecule has 0 aromatic heterocycles. The van der Waals surface area contributed by atoms with Crippen LogP contribution in [0.3, 0.4) is 0 Å². The molecule has 1 N–H and O–H groups in total. The summed E-state index contributed by atoms with van der Waals surface area (Å²) in [5.74, 6) is 1.89. The number of amides is 1. The average molecular weight is 418 g/mol. The van der Waals surface area contributed by atoms with Crippen molar-refractivity contribution in [3.05, 3.63) is 51.6 Å². The van der Waals surface area contributed by atoms with Gasteiger partial charge < -0.3 is 24.3 Å². The number of nitro benzene ring substituents is 1. The summed E-state index contributed by atoms with van der Waals surface area (Å²) in [6.07, 6.45) is 1.01. The fourth-order valence-electron chi connectivity index (χ4n) is 3.03. The lowest BCUT2D eigenvalue weighted by Gasteiger charge is -2.12. The molecule has 0 aliphatic carbocycles. The molecule has 0 radical (unpaired) electrons. The molecule has 0 aliphatic rings. The van der Waals surface area contributed by atoms with E-state index in [0.717, 1.165) is 5.56 Å². The Balaban J connectivity index is 1.97. The Morgan fingerprint density at radius 3 is 2.17 bits per heavy atom. The van der Waals surface area contributed by atoms with Gasteiger partial charge in [0.2, 0.25) is 5.91 Å². The van der Waals surface area contributed by atoms with Gasteiger partial charge in [0.1, 0.15) is 11.5 Å². The smallest absolute Gasteiger partial charge is 0.276 e. The molecule has 1 amide bonds. The van der Waals surface area contributed by atoms with Crippen molar-refractivity contribution in [3.8, 4) is 23.0 Å². The Hall–Kier alpha value is -3.49. The predicted octanol–water partition coefficient (Wildman–Crippen LogP) is 2.92. The molecular formula is C21H26N2O7. The van der Waals surface area contributed by atoms with Crippen LogP contribution < -0.4 is 24.3 Å². The normalized spacial score (nSPS) is 10.3. The van der Waals surface area contributed by atoms with E-state index in [1.165, 1.54) is 20.3 Å². The molecule has 30 heavy (non-hydrogen) atoms. The van der Waals surface area contributed by atoms with E-state index in [4.69, 9.17) is 18.9 Å². The van der Waals surface area contributed by atoms with Gasteiger partial charge in [-0.15, -0.1) is 0 Å². The number of benzene rings is 2. The highest BCUT2D eigenvalue weighted by molar-refractivity contribution is 5.76. The van der Waals surface area contributed by atoms with Gasteiger partial charge in [0.05, 0.1) is 39.4 Å². The van der Waals surface area contributed by atoms with Crippen molar-refractivity contribution in [3.63, 3.8) is 0 Å². The van der Waals surface area contributed by atoms with Crippen molar-refractivity contribution in [1.29, 1.82) is 0 Å². The van der Waals surface area contributed by atoms with E-state index in [-0.39, 0.29) is 36.7 Å². The zero-order valence-electron chi connectivity index (χ0n) is 17.5. The molecule has 0 unspecified atom stereocenters. The number of nitro groups is 1. The van der Waals surface area contributed by atoms with E-state index in [2.05, 4.69) is 5.32 Å². The summed E-state index contributed by atoms with van der Waals surface area (Å²) in [5.41, 5.74) is 1.23. The van der Waals surface area contributed by atoms with Crippen LogP contribution in [0.15, 0.2) is 30.3 Å². The summed E-state index contributed by atoms with van der Waals surface area (Å²) in [4.78, 5) is 23.1. The molecule has 2 rings (SSSR count). The number of rotatable bonds is 11. The van der Waals surface area contributed by atoms with E-state index in [1.807, 2.05) is 6.07 Å². The second-order valence-corrected chi connectivity index (χ2v) is 6.37. The molecule has 162 valence electrons. The third-order valence-corrected chi connectivity index (χ3v) is 4.61. The van der Waals surface area contributed by atoms with Gasteiger partial charge in [0, 0.05) is 18.5 Å². The van der Waals surface area contributed by atoms with Crippen molar-refractivity contribution in [2.45, 2.75) is 19.3 Å². The van der Waals surface area contributed by atoms with Gasteiger partial charge in [0.25, 0.3) is 5.69 Å². The number of hydrogen-bond donors (Lipinski definition) is 1. The van der Waals surface area contributed by atoms with Crippen LogP contribution >= 0.6 is 0 Å². The Labute approximate surface area is 175 Å². The Morgan fingerprint density at radius 2 is 1.57 bits per heavy atom. The van der Waals surface area contributed by atoms with Crippen molar-refractivity contribution < 1.29 is 28.7 Å². The van der Waals surface area contributed by atoms with Crippen LogP contribution in [0.1, 0.15) is 17.5 Å². The minimum Gasteiger partial charge on any atom is -0.497 e. The second kappa shape index (κ2) is 10.9. The lowest BCUT2D eigenvalue weighted by molar-refractivity contribution is -0.385. The van der Waals surface area contributed by atoms with Gasteiger partial charge >= 0.3 is 0 Å². The fourth-order valence-corrected chi connectivity index (χ4v) is 3.03. The highest BCUT2D eigenvalue weighted by atomic mass is 16.6. The molecule has 0 heterocycles. The standard InChI is InChI=1S/C21H26N2O7/c1-27-16-6-7-18(28-2)15(11-16)5-8-21(24)22-10-9-14-12-19(29-3)20(30-4)13-17(14)23(25)26/h6-7,11-13H,5,8-10H2,1-4H3,(H,22,24). The number of ether oxygens (including phenoxy) is 4. The number of hydrogen-bond acceptors (Lipinski definition) is 7. The van der Waals surface area contributed by atoms with Crippen LogP contribution in [0, 0.1) is 10.1 Å². The number of carbonyl (C=O) groups excluding carboxylic acids is 1. The first-order valence-electron chi connectivity index (χ1n) is 9.30. The lowest BCUT2D eigenvalue weighted by atomic mass is 10.1. The monoisotopic (exact) mass is 418 g/mol. The molecule has 9 nitrogen and oxygen atoms in total. The van der Waals surface area contributed by atoms with E-state index in [1.54, 1.807) is 32.4 Å². The molecule has 0 fully saturated rings. The van der Waals surface area contributed by atoms with Gasteiger partial charge in [-0.3, -0.25) is 14.9 Å². The number of methoxy groups -OCH3 is 4. The SMILES string of the molecule is COc1ccc(OC)c(CCC(=O)NCCc2cc(OC)c(OC)cc2[N+](=O)[O-])c1. The largest absolute Gasteiger partial charge is 0.497 e. The van der Waals surface area contributed by atoms with Crippen LogP contribution in [0.25, 0.3) is 0 Å². The summed E-state index contributed by atoms with van der Waals surface area (Å²) in [6, 6.07) is 8.30. The van der Waals surface area contributed by atoms with Crippen LogP contribution in [0.4, 0.5) is 5.69 Å². The predicted molar refractivity (Wildman–Crippen MR) is 111 cm³/mol. The molecule has 0 bridgehead atoms. The van der Waals surface area contributed by atoms with E-state index in [0.29, 0.717) is 29.2 Å². The van der Waals surface area contributed by atoms with Crippen molar-refractivity contribution >= 4 is 11.6 Å². The molecule has 0 saturated heterocycles. The molecule has 0 atom stereocenters. The Kier molecular flexibility index (Phi) is 8.28. The Bertz CT molecular complexity index is 899. The van der Waals surface area contributed by atoms with Crippen LogP contribution in [-0.4, -0.2) is 45.8 Å². The minimum atomic E-state index is -0.478. The second-order valence-electron chi connectivity index (χ2n) is 6.37.